The van der Waals surface area contributed by atoms with Crippen LogP contribution >= 0.6 is 11.6 Å². The normalized spacial score (nSPS) is 20.4. The van der Waals surface area contributed by atoms with Crippen LogP contribution in [0.3, 0.4) is 0 Å². The highest BCUT2D eigenvalue weighted by atomic mass is 35.5. The second kappa shape index (κ2) is 6.12. The first kappa shape index (κ1) is 14.5. The summed E-state index contributed by atoms with van der Waals surface area (Å²) in [6.45, 7) is 2.85. The lowest BCUT2D eigenvalue weighted by atomic mass is 10.1. The molecule has 1 atom stereocenters. The van der Waals surface area contributed by atoms with Crippen LogP contribution in [0.5, 0.6) is 11.5 Å². The highest BCUT2D eigenvalue weighted by Crippen LogP contribution is 2.38. The summed E-state index contributed by atoms with van der Waals surface area (Å²) in [6, 6.07) is 3.91. The molecule has 0 bridgehead atoms. The third kappa shape index (κ3) is 3.09. The van der Waals surface area contributed by atoms with Crippen LogP contribution in [0.25, 0.3) is 0 Å². The van der Waals surface area contributed by atoms with Crippen LogP contribution in [0.4, 0.5) is 0 Å². The number of carbonyl (C=O) groups is 1. The van der Waals surface area contributed by atoms with E-state index in [1.807, 2.05) is 18.0 Å². The van der Waals surface area contributed by atoms with Crippen molar-refractivity contribution in [2.24, 2.45) is 0 Å². The maximum atomic E-state index is 12.4. The molecule has 0 aliphatic carbocycles. The van der Waals surface area contributed by atoms with Crippen molar-refractivity contribution >= 4 is 17.5 Å². The van der Waals surface area contributed by atoms with Gasteiger partial charge in [0.25, 0.3) is 0 Å². The number of nitrogens with zero attached hydrogens (tertiary/aromatic N) is 1. The Morgan fingerprint density at radius 3 is 3.00 bits per heavy atom. The molecular formula is C15H19ClN2O3. The van der Waals surface area contributed by atoms with E-state index in [0.29, 0.717) is 36.2 Å². The molecule has 0 spiro atoms. The molecule has 2 aliphatic rings. The molecule has 3 rings (SSSR count). The molecule has 1 fully saturated rings. The molecule has 21 heavy (non-hydrogen) atoms. The number of hydrogen-bond donors (Lipinski definition) is 1. The van der Waals surface area contributed by atoms with Crippen molar-refractivity contribution in [2.45, 2.75) is 18.9 Å². The summed E-state index contributed by atoms with van der Waals surface area (Å²) in [5, 5.41) is 3.77. The summed E-state index contributed by atoms with van der Waals surface area (Å²) in [7, 11) is 1.86. The average molecular weight is 311 g/mol. The Morgan fingerprint density at radius 2 is 2.24 bits per heavy atom. The van der Waals surface area contributed by atoms with Gasteiger partial charge in [0, 0.05) is 19.6 Å². The minimum atomic E-state index is 0.0939. The van der Waals surface area contributed by atoms with E-state index in [1.165, 1.54) is 0 Å². The van der Waals surface area contributed by atoms with Gasteiger partial charge < -0.3 is 19.7 Å². The van der Waals surface area contributed by atoms with E-state index in [1.54, 1.807) is 6.07 Å². The van der Waals surface area contributed by atoms with Crippen molar-refractivity contribution < 1.29 is 14.3 Å². The molecular weight excluding hydrogens is 292 g/mol. The molecule has 5 nitrogen and oxygen atoms in total. The Kier molecular flexibility index (Phi) is 4.22. The quantitative estimate of drug-likeness (QED) is 0.918. The van der Waals surface area contributed by atoms with Gasteiger partial charge in [-0.05, 0) is 30.7 Å². The van der Waals surface area contributed by atoms with E-state index in [9.17, 15) is 4.79 Å². The monoisotopic (exact) mass is 310 g/mol. The molecule has 1 unspecified atom stereocenters. The van der Waals surface area contributed by atoms with Gasteiger partial charge in [-0.3, -0.25) is 4.79 Å². The molecule has 2 aliphatic heterocycles. The van der Waals surface area contributed by atoms with Gasteiger partial charge in [-0.1, -0.05) is 11.6 Å². The Balaban J connectivity index is 1.72. The van der Waals surface area contributed by atoms with E-state index in [2.05, 4.69) is 5.32 Å². The minimum Gasteiger partial charge on any atom is -0.486 e. The molecule has 1 aromatic carbocycles. The van der Waals surface area contributed by atoms with Gasteiger partial charge in [-0.2, -0.15) is 0 Å². The molecule has 1 aromatic rings. The Labute approximate surface area is 129 Å². The van der Waals surface area contributed by atoms with Crippen LogP contribution in [-0.4, -0.2) is 50.2 Å². The number of benzene rings is 1. The van der Waals surface area contributed by atoms with Gasteiger partial charge in [-0.15, -0.1) is 0 Å². The zero-order valence-electron chi connectivity index (χ0n) is 12.0. The summed E-state index contributed by atoms with van der Waals surface area (Å²) in [4.78, 5) is 14.2. The number of nitrogens with one attached hydrogen (secondary N) is 1. The largest absolute Gasteiger partial charge is 0.486 e. The Hall–Kier alpha value is -1.46. The maximum absolute atomic E-state index is 12.4. The molecule has 0 saturated carbocycles. The van der Waals surface area contributed by atoms with Gasteiger partial charge in [-0.25, -0.2) is 0 Å². The predicted molar refractivity (Wildman–Crippen MR) is 80.2 cm³/mol. The number of fused-ring (bicyclic) bond motifs is 1. The molecule has 0 radical (unpaired) electrons. The van der Waals surface area contributed by atoms with Crippen molar-refractivity contribution in [3.63, 3.8) is 0 Å². The molecule has 6 heteroatoms. The van der Waals surface area contributed by atoms with Gasteiger partial charge in [0.05, 0.1) is 11.4 Å². The van der Waals surface area contributed by atoms with E-state index in [-0.39, 0.29) is 11.9 Å². The number of carbonyl (C=O) groups excluding carboxylic acids is 1. The van der Waals surface area contributed by atoms with Crippen LogP contribution in [-0.2, 0) is 11.2 Å². The molecule has 114 valence electrons. The molecule has 1 saturated heterocycles. The van der Waals surface area contributed by atoms with Crippen LogP contribution in [0.15, 0.2) is 12.1 Å². The maximum Gasteiger partial charge on any atom is 0.227 e. The van der Waals surface area contributed by atoms with Crippen LogP contribution < -0.4 is 14.8 Å². The van der Waals surface area contributed by atoms with E-state index >= 15 is 0 Å². The van der Waals surface area contributed by atoms with Crippen LogP contribution in [0.1, 0.15) is 12.0 Å². The summed E-state index contributed by atoms with van der Waals surface area (Å²) in [6.07, 6.45) is 1.33. The summed E-state index contributed by atoms with van der Waals surface area (Å²) in [5.74, 6) is 1.30. The first-order chi connectivity index (χ1) is 10.1. The Bertz CT molecular complexity index is 544. The van der Waals surface area contributed by atoms with Crippen molar-refractivity contribution in [2.75, 3.05) is 33.4 Å². The third-order valence-electron chi connectivity index (χ3n) is 3.99. The van der Waals surface area contributed by atoms with Crippen LogP contribution in [0, 0.1) is 0 Å². The molecule has 1 amide bonds. The Morgan fingerprint density at radius 1 is 1.43 bits per heavy atom. The molecule has 2 heterocycles. The van der Waals surface area contributed by atoms with Gasteiger partial charge in [0.1, 0.15) is 13.2 Å². The summed E-state index contributed by atoms with van der Waals surface area (Å²) >= 11 is 6.20. The van der Waals surface area contributed by atoms with Crippen molar-refractivity contribution in [1.82, 2.24) is 10.2 Å². The summed E-state index contributed by atoms with van der Waals surface area (Å²) < 4.78 is 11.0. The highest BCUT2D eigenvalue weighted by molar-refractivity contribution is 6.32. The standard InChI is InChI=1S/C15H19ClN2O3/c1-18(11-2-3-17-9-11)14(19)8-10-6-12(16)15-13(7-10)20-4-5-21-15/h6-7,11,17H,2-5,8-9H2,1H3. The smallest absolute Gasteiger partial charge is 0.227 e. The van der Waals surface area contributed by atoms with E-state index in [4.69, 9.17) is 21.1 Å². The van der Waals surface area contributed by atoms with Gasteiger partial charge in [0.2, 0.25) is 5.91 Å². The highest BCUT2D eigenvalue weighted by Gasteiger charge is 2.24. The van der Waals surface area contributed by atoms with Crippen LogP contribution in [0.2, 0.25) is 5.02 Å². The number of halogens is 1. The van der Waals surface area contributed by atoms with Gasteiger partial charge >= 0.3 is 0 Å². The number of amides is 1. The van der Waals surface area contributed by atoms with Crippen molar-refractivity contribution in [1.29, 1.82) is 0 Å². The lowest BCUT2D eigenvalue weighted by molar-refractivity contribution is -0.130. The zero-order chi connectivity index (χ0) is 14.8. The number of ether oxygens (including phenoxy) is 2. The fourth-order valence-electron chi connectivity index (χ4n) is 2.74. The third-order valence-corrected chi connectivity index (χ3v) is 4.27. The minimum absolute atomic E-state index is 0.0939. The van der Waals surface area contributed by atoms with E-state index < -0.39 is 0 Å². The fourth-order valence-corrected chi connectivity index (χ4v) is 3.03. The zero-order valence-corrected chi connectivity index (χ0v) is 12.8. The lowest BCUT2D eigenvalue weighted by Crippen LogP contribution is -2.39. The topological polar surface area (TPSA) is 50.8 Å². The number of rotatable bonds is 3. The molecule has 1 N–H and O–H groups in total. The fraction of sp³-hybridized carbons (Fsp3) is 0.533. The second-order valence-corrected chi connectivity index (χ2v) is 5.84. The van der Waals surface area contributed by atoms with Crippen molar-refractivity contribution in [3.05, 3.63) is 22.7 Å². The number of likely N-dealkylation sites (N-methyl/N-ethyl adjacent to an activating group) is 1. The van der Waals surface area contributed by atoms with E-state index in [0.717, 1.165) is 25.1 Å². The predicted octanol–water partition coefficient (Wildman–Crippen LogP) is 1.47. The molecule has 0 aromatic heterocycles. The average Bonchev–Trinajstić information content (AvgIpc) is 3.00. The summed E-state index contributed by atoms with van der Waals surface area (Å²) in [5.41, 5.74) is 0.854. The lowest BCUT2D eigenvalue weighted by Gasteiger charge is -2.24. The SMILES string of the molecule is CN(C(=O)Cc1cc(Cl)c2c(c1)OCCO2)C1CCNC1. The first-order valence-electron chi connectivity index (χ1n) is 7.19. The second-order valence-electron chi connectivity index (χ2n) is 5.43. The van der Waals surface area contributed by atoms with Gasteiger partial charge in [0.15, 0.2) is 11.5 Å². The van der Waals surface area contributed by atoms with Crippen molar-refractivity contribution in [3.8, 4) is 11.5 Å². The number of hydrogen-bond acceptors (Lipinski definition) is 4. The first-order valence-corrected chi connectivity index (χ1v) is 7.57.